The highest BCUT2D eigenvalue weighted by atomic mass is 35.5. The lowest BCUT2D eigenvalue weighted by Crippen LogP contribution is -2.17. The number of hydrogen-bond acceptors (Lipinski definition) is 3. The molecule has 0 aliphatic heterocycles. The maximum atomic E-state index is 5.91. The molecule has 0 spiro atoms. The normalized spacial score (nSPS) is 10.8. The van der Waals surface area contributed by atoms with Crippen LogP contribution < -0.4 is 10.2 Å². The van der Waals surface area contributed by atoms with E-state index >= 15 is 0 Å². The molecule has 0 atom stereocenters. The molecule has 90 valence electrons. The lowest BCUT2D eigenvalue weighted by Gasteiger charge is -2.11. The minimum absolute atomic E-state index is 0.508. The van der Waals surface area contributed by atoms with Crippen molar-refractivity contribution >= 4 is 11.6 Å². The number of benzene rings is 1. The van der Waals surface area contributed by atoms with Crippen molar-refractivity contribution in [2.24, 2.45) is 5.92 Å². The van der Waals surface area contributed by atoms with Gasteiger partial charge < -0.3 is 9.57 Å². The zero-order valence-electron chi connectivity index (χ0n) is 9.92. The lowest BCUT2D eigenvalue weighted by atomic mass is 10.2. The fourth-order valence-electron chi connectivity index (χ4n) is 1.24. The minimum atomic E-state index is 0.508. The summed E-state index contributed by atoms with van der Waals surface area (Å²) in [6.07, 6.45) is 0. The molecule has 1 aromatic carbocycles. The number of halogens is 1. The summed E-state index contributed by atoms with van der Waals surface area (Å²) in [4.78, 5) is 5.29. The van der Waals surface area contributed by atoms with Gasteiger partial charge in [0.25, 0.3) is 0 Å². The number of hydrogen-bond donors (Lipinski definition) is 1. The first-order valence-electron chi connectivity index (χ1n) is 5.30. The summed E-state index contributed by atoms with van der Waals surface area (Å²) >= 11 is 5.91. The molecular formula is C12H18ClNO2. The molecule has 0 aromatic heterocycles. The quantitative estimate of drug-likeness (QED) is 0.616. The van der Waals surface area contributed by atoms with E-state index in [0.717, 1.165) is 11.3 Å². The Hall–Kier alpha value is -0.770. The first-order chi connectivity index (χ1) is 7.63. The van der Waals surface area contributed by atoms with Gasteiger partial charge in [-0.05, 0) is 24.1 Å². The van der Waals surface area contributed by atoms with Crippen LogP contribution >= 0.6 is 11.6 Å². The SMILES string of the molecule is COc1ccc(Cl)cc1CNOCC(C)C. The third-order valence-electron chi connectivity index (χ3n) is 2.02. The van der Waals surface area contributed by atoms with Crippen LogP contribution in [0.25, 0.3) is 0 Å². The smallest absolute Gasteiger partial charge is 0.123 e. The summed E-state index contributed by atoms with van der Waals surface area (Å²) in [6, 6.07) is 5.52. The molecule has 0 heterocycles. The third-order valence-corrected chi connectivity index (χ3v) is 2.26. The molecule has 16 heavy (non-hydrogen) atoms. The van der Waals surface area contributed by atoms with Crippen LogP contribution in [0.2, 0.25) is 5.02 Å². The van der Waals surface area contributed by atoms with Crippen molar-refractivity contribution in [2.45, 2.75) is 20.4 Å². The molecule has 0 bridgehead atoms. The van der Waals surface area contributed by atoms with E-state index in [4.69, 9.17) is 21.2 Å². The number of nitrogens with one attached hydrogen (secondary N) is 1. The molecule has 0 radical (unpaired) electrons. The van der Waals surface area contributed by atoms with E-state index in [1.807, 2.05) is 12.1 Å². The third kappa shape index (κ3) is 4.39. The molecule has 0 aliphatic carbocycles. The Bertz CT molecular complexity index is 329. The van der Waals surface area contributed by atoms with Crippen LogP contribution in [0, 0.1) is 5.92 Å². The topological polar surface area (TPSA) is 30.5 Å². The van der Waals surface area contributed by atoms with Crippen molar-refractivity contribution in [3.63, 3.8) is 0 Å². The van der Waals surface area contributed by atoms with Crippen LogP contribution in [-0.4, -0.2) is 13.7 Å². The highest BCUT2D eigenvalue weighted by Crippen LogP contribution is 2.22. The maximum absolute atomic E-state index is 5.91. The Morgan fingerprint density at radius 2 is 2.12 bits per heavy atom. The van der Waals surface area contributed by atoms with Gasteiger partial charge in [-0.1, -0.05) is 25.4 Å². The average Bonchev–Trinajstić information content (AvgIpc) is 2.24. The summed E-state index contributed by atoms with van der Waals surface area (Å²) in [5, 5.41) is 0.696. The second-order valence-corrected chi connectivity index (χ2v) is 4.42. The van der Waals surface area contributed by atoms with Gasteiger partial charge in [0.2, 0.25) is 0 Å². The molecule has 0 aliphatic rings. The lowest BCUT2D eigenvalue weighted by molar-refractivity contribution is 0.0193. The number of methoxy groups -OCH3 is 1. The van der Waals surface area contributed by atoms with Crippen LogP contribution in [0.5, 0.6) is 5.75 Å². The Morgan fingerprint density at radius 3 is 2.75 bits per heavy atom. The van der Waals surface area contributed by atoms with Crippen LogP contribution in [0.4, 0.5) is 0 Å². The molecule has 0 unspecified atom stereocenters. The minimum Gasteiger partial charge on any atom is -0.496 e. The van der Waals surface area contributed by atoms with Crippen LogP contribution in [0.3, 0.4) is 0 Å². The van der Waals surface area contributed by atoms with Crippen molar-refractivity contribution < 1.29 is 9.57 Å². The molecule has 1 rings (SSSR count). The number of hydroxylamine groups is 1. The molecule has 3 nitrogen and oxygen atoms in total. The van der Waals surface area contributed by atoms with Crippen molar-refractivity contribution in [3.05, 3.63) is 28.8 Å². The summed E-state index contributed by atoms with van der Waals surface area (Å²) in [5.41, 5.74) is 3.88. The first kappa shape index (κ1) is 13.3. The molecular weight excluding hydrogens is 226 g/mol. The molecule has 0 fully saturated rings. The van der Waals surface area contributed by atoms with Gasteiger partial charge in [0.05, 0.1) is 13.7 Å². The van der Waals surface area contributed by atoms with E-state index in [1.165, 1.54) is 0 Å². The van der Waals surface area contributed by atoms with Crippen LogP contribution in [0.1, 0.15) is 19.4 Å². The second-order valence-electron chi connectivity index (χ2n) is 3.98. The largest absolute Gasteiger partial charge is 0.496 e. The van der Waals surface area contributed by atoms with Gasteiger partial charge in [-0.3, -0.25) is 0 Å². The van der Waals surface area contributed by atoms with Gasteiger partial charge in [-0.2, -0.15) is 5.48 Å². The molecule has 1 aromatic rings. The number of rotatable bonds is 6. The van der Waals surface area contributed by atoms with Crippen LogP contribution in [-0.2, 0) is 11.4 Å². The Morgan fingerprint density at radius 1 is 1.38 bits per heavy atom. The predicted octanol–water partition coefficient (Wildman–Crippen LogP) is 3.03. The fourth-order valence-corrected chi connectivity index (χ4v) is 1.43. The zero-order valence-corrected chi connectivity index (χ0v) is 10.7. The van der Waals surface area contributed by atoms with Crippen molar-refractivity contribution in [1.82, 2.24) is 5.48 Å². The standard InChI is InChI=1S/C12H18ClNO2/c1-9(2)8-16-14-7-10-6-11(13)4-5-12(10)15-3/h4-6,9,14H,7-8H2,1-3H3. The Kier molecular flexibility index (Phi) is 5.60. The Labute approximate surface area is 102 Å². The predicted molar refractivity (Wildman–Crippen MR) is 65.6 cm³/mol. The highest BCUT2D eigenvalue weighted by molar-refractivity contribution is 6.30. The fraction of sp³-hybridized carbons (Fsp3) is 0.500. The van der Waals surface area contributed by atoms with E-state index in [2.05, 4.69) is 19.3 Å². The average molecular weight is 244 g/mol. The monoisotopic (exact) mass is 243 g/mol. The van der Waals surface area contributed by atoms with Crippen LogP contribution in [0.15, 0.2) is 18.2 Å². The van der Waals surface area contributed by atoms with Gasteiger partial charge in [-0.15, -0.1) is 0 Å². The Balaban J connectivity index is 2.48. The molecule has 4 heteroatoms. The van der Waals surface area contributed by atoms with E-state index in [0.29, 0.717) is 24.1 Å². The van der Waals surface area contributed by atoms with E-state index in [9.17, 15) is 0 Å². The van der Waals surface area contributed by atoms with Gasteiger partial charge in [0, 0.05) is 17.1 Å². The second kappa shape index (κ2) is 6.74. The van der Waals surface area contributed by atoms with E-state index < -0.39 is 0 Å². The number of ether oxygens (including phenoxy) is 1. The van der Waals surface area contributed by atoms with E-state index in [-0.39, 0.29) is 0 Å². The zero-order chi connectivity index (χ0) is 12.0. The van der Waals surface area contributed by atoms with Crippen molar-refractivity contribution in [2.75, 3.05) is 13.7 Å². The summed E-state index contributed by atoms with van der Waals surface area (Å²) < 4.78 is 5.22. The van der Waals surface area contributed by atoms with Gasteiger partial charge in [0.15, 0.2) is 0 Å². The summed E-state index contributed by atoms with van der Waals surface area (Å²) in [7, 11) is 1.64. The summed E-state index contributed by atoms with van der Waals surface area (Å²) in [6.45, 7) is 5.46. The van der Waals surface area contributed by atoms with E-state index in [1.54, 1.807) is 13.2 Å². The van der Waals surface area contributed by atoms with Gasteiger partial charge >= 0.3 is 0 Å². The van der Waals surface area contributed by atoms with Gasteiger partial charge in [0.1, 0.15) is 5.75 Å². The first-order valence-corrected chi connectivity index (χ1v) is 5.68. The van der Waals surface area contributed by atoms with Gasteiger partial charge in [-0.25, -0.2) is 0 Å². The molecule has 1 N–H and O–H groups in total. The molecule has 0 saturated heterocycles. The maximum Gasteiger partial charge on any atom is 0.123 e. The summed E-state index contributed by atoms with van der Waals surface area (Å²) in [5.74, 6) is 1.32. The van der Waals surface area contributed by atoms with Crippen molar-refractivity contribution in [3.8, 4) is 5.75 Å². The molecule has 0 amide bonds. The molecule has 0 saturated carbocycles. The highest BCUT2D eigenvalue weighted by Gasteiger charge is 2.03. The van der Waals surface area contributed by atoms with Crippen molar-refractivity contribution in [1.29, 1.82) is 0 Å².